The second kappa shape index (κ2) is 9.16. The number of hydrogen-bond donors (Lipinski definition) is 4. The van der Waals surface area contributed by atoms with Crippen LogP contribution in [-0.2, 0) is 4.79 Å². The number of aromatic carboxylic acids is 1. The number of carboxylic acid groups (broad SMARTS) is 2. The Balaban J connectivity index is 0.000000968. The van der Waals surface area contributed by atoms with Gasteiger partial charge < -0.3 is 26.6 Å². The molecule has 1 aliphatic heterocycles. The van der Waals surface area contributed by atoms with Gasteiger partial charge in [-0.2, -0.15) is 0 Å². The summed E-state index contributed by atoms with van der Waals surface area (Å²) in [4.78, 5) is 38.2. The van der Waals surface area contributed by atoms with Crippen LogP contribution < -0.4 is 21.8 Å². The number of carbonyl (C=O) groups is 2. The topological polar surface area (TPSA) is 165 Å². The summed E-state index contributed by atoms with van der Waals surface area (Å²) in [5, 5.41) is 15.9. The summed E-state index contributed by atoms with van der Waals surface area (Å²) in [5.74, 6) is -4.73. The van der Waals surface area contributed by atoms with Gasteiger partial charge in [0.15, 0.2) is 23.1 Å². The van der Waals surface area contributed by atoms with Gasteiger partial charge in [0.2, 0.25) is 5.43 Å². The number of nitrogen functional groups attached to an aromatic ring is 1. The van der Waals surface area contributed by atoms with Crippen molar-refractivity contribution in [3.63, 3.8) is 0 Å². The normalized spacial score (nSPS) is 15.3. The van der Waals surface area contributed by atoms with Crippen LogP contribution >= 0.6 is 0 Å². The number of halogens is 3. The summed E-state index contributed by atoms with van der Waals surface area (Å²) in [6.07, 6.45) is 1.46. The van der Waals surface area contributed by atoms with E-state index in [0.717, 1.165) is 29.0 Å². The van der Waals surface area contributed by atoms with E-state index in [1.165, 1.54) is 0 Å². The molecule has 2 aromatic heterocycles. The number of benzene rings is 1. The molecule has 0 aliphatic carbocycles. The number of pyridine rings is 2. The minimum absolute atomic E-state index is 0.109. The minimum atomic E-state index is -1.60. The van der Waals surface area contributed by atoms with Crippen LogP contribution in [0.1, 0.15) is 16.8 Å². The van der Waals surface area contributed by atoms with Gasteiger partial charge >= 0.3 is 5.97 Å². The van der Waals surface area contributed by atoms with Gasteiger partial charge in [0.05, 0.1) is 11.1 Å². The fraction of sp³-hybridized carbons (Fsp3) is 0.200. The van der Waals surface area contributed by atoms with E-state index in [9.17, 15) is 27.9 Å². The molecule has 0 radical (unpaired) electrons. The summed E-state index contributed by atoms with van der Waals surface area (Å²) in [5.41, 5.74) is 8.23. The van der Waals surface area contributed by atoms with Crippen LogP contribution in [-0.4, -0.2) is 51.3 Å². The number of hydrogen-bond acceptors (Lipinski definition) is 7. The SMILES string of the molecule is Nc1c(F)ccc(-n2cc(C(=O)O)c(=O)c3cc(F)c(N4CC[C@H](N)C4)nc32)c1F.O=CO. The van der Waals surface area contributed by atoms with Crippen LogP contribution in [0.15, 0.2) is 29.2 Å². The second-order valence-corrected chi connectivity index (χ2v) is 7.11. The fourth-order valence-electron chi connectivity index (χ4n) is 3.50. The van der Waals surface area contributed by atoms with Crippen molar-refractivity contribution >= 4 is 35.0 Å². The first kappa shape index (κ1) is 23.5. The van der Waals surface area contributed by atoms with Gasteiger partial charge in [-0.05, 0) is 24.6 Å². The lowest BCUT2D eigenvalue weighted by Crippen LogP contribution is -2.28. The molecule has 0 amide bonds. The summed E-state index contributed by atoms with van der Waals surface area (Å²) in [6, 6.07) is 2.58. The van der Waals surface area contributed by atoms with Crippen molar-refractivity contribution in [1.82, 2.24) is 9.55 Å². The van der Waals surface area contributed by atoms with Crippen LogP contribution in [0.2, 0.25) is 0 Å². The maximum absolute atomic E-state index is 14.8. The number of nitrogens with two attached hydrogens (primary N) is 2. The zero-order chi connectivity index (χ0) is 24.4. The average Bonchev–Trinajstić information content (AvgIpc) is 3.19. The van der Waals surface area contributed by atoms with Gasteiger partial charge in [0.1, 0.15) is 17.1 Å². The third kappa shape index (κ3) is 4.30. The Labute approximate surface area is 183 Å². The van der Waals surface area contributed by atoms with Gasteiger partial charge in [-0.15, -0.1) is 0 Å². The molecule has 1 aromatic carbocycles. The zero-order valence-electron chi connectivity index (χ0n) is 16.8. The van der Waals surface area contributed by atoms with E-state index < -0.39 is 40.1 Å². The van der Waals surface area contributed by atoms with Crippen LogP contribution in [0.25, 0.3) is 16.7 Å². The third-order valence-corrected chi connectivity index (χ3v) is 5.03. The summed E-state index contributed by atoms with van der Waals surface area (Å²) in [7, 11) is 0. The van der Waals surface area contributed by atoms with E-state index in [4.69, 9.17) is 21.4 Å². The van der Waals surface area contributed by atoms with Crippen molar-refractivity contribution < 1.29 is 33.0 Å². The molecule has 10 nitrogen and oxygen atoms in total. The first-order chi connectivity index (χ1) is 15.6. The van der Waals surface area contributed by atoms with Crippen molar-refractivity contribution in [3.05, 3.63) is 57.6 Å². The standard InChI is InChI=1S/C19H16F3N5O3.CH2O2/c20-11-1-2-13(14(22)15(11)24)27-7-10(19(29)30)16(28)9-5-12(21)18(25-17(9)27)26-4-3-8(23)6-26;2-1-3/h1-2,5,7-8H,3-4,6,23-24H2,(H,29,30);1H,(H,2,3)/t8-;/m0./s1. The van der Waals surface area contributed by atoms with Crippen molar-refractivity contribution in [3.8, 4) is 5.69 Å². The van der Waals surface area contributed by atoms with Crippen LogP contribution in [0.3, 0.4) is 0 Å². The summed E-state index contributed by atoms with van der Waals surface area (Å²) < 4.78 is 44.0. The summed E-state index contributed by atoms with van der Waals surface area (Å²) >= 11 is 0. The largest absolute Gasteiger partial charge is 0.483 e. The molecule has 0 bridgehead atoms. The first-order valence-electron chi connectivity index (χ1n) is 9.42. The lowest BCUT2D eigenvalue weighted by molar-refractivity contribution is -0.122. The number of carboxylic acids is 1. The Morgan fingerprint density at radius 2 is 1.91 bits per heavy atom. The summed E-state index contributed by atoms with van der Waals surface area (Å²) in [6.45, 7) is 0.497. The second-order valence-electron chi connectivity index (χ2n) is 7.11. The molecule has 1 saturated heterocycles. The Bertz CT molecular complexity index is 1310. The van der Waals surface area contributed by atoms with E-state index in [0.29, 0.717) is 19.5 Å². The Kier molecular flexibility index (Phi) is 6.53. The van der Waals surface area contributed by atoms with Gasteiger partial charge in [-0.1, -0.05) is 0 Å². The van der Waals surface area contributed by atoms with E-state index >= 15 is 0 Å². The molecule has 3 heterocycles. The molecule has 0 spiro atoms. The molecule has 1 aliphatic rings. The maximum Gasteiger partial charge on any atom is 0.341 e. The number of anilines is 2. The van der Waals surface area contributed by atoms with E-state index in [1.54, 1.807) is 4.90 Å². The Hall–Kier alpha value is -4.13. The third-order valence-electron chi connectivity index (χ3n) is 5.03. The van der Waals surface area contributed by atoms with Crippen LogP contribution in [0, 0.1) is 17.5 Å². The van der Waals surface area contributed by atoms with E-state index in [2.05, 4.69) is 4.98 Å². The highest BCUT2D eigenvalue weighted by molar-refractivity contribution is 5.92. The molecular weight excluding hydrogens is 447 g/mol. The Morgan fingerprint density at radius 3 is 2.48 bits per heavy atom. The minimum Gasteiger partial charge on any atom is -0.483 e. The van der Waals surface area contributed by atoms with Crippen molar-refractivity contribution in [2.75, 3.05) is 23.7 Å². The highest BCUT2D eigenvalue weighted by Crippen LogP contribution is 2.28. The molecule has 0 unspecified atom stereocenters. The smallest absolute Gasteiger partial charge is 0.341 e. The highest BCUT2D eigenvalue weighted by atomic mass is 19.1. The molecule has 0 saturated carbocycles. The van der Waals surface area contributed by atoms with E-state index in [1.807, 2.05) is 0 Å². The van der Waals surface area contributed by atoms with Gasteiger partial charge in [-0.25, -0.2) is 22.9 Å². The predicted molar refractivity (Wildman–Crippen MR) is 112 cm³/mol. The number of fused-ring (bicyclic) bond motifs is 1. The van der Waals surface area contributed by atoms with Gasteiger partial charge in [0, 0.05) is 25.3 Å². The molecule has 33 heavy (non-hydrogen) atoms. The molecule has 4 rings (SSSR count). The lowest BCUT2D eigenvalue weighted by atomic mass is 10.1. The molecule has 1 atom stereocenters. The molecule has 6 N–H and O–H groups in total. The number of aromatic nitrogens is 2. The monoisotopic (exact) mass is 465 g/mol. The molecule has 13 heteroatoms. The van der Waals surface area contributed by atoms with Crippen molar-refractivity contribution in [2.45, 2.75) is 12.5 Å². The Morgan fingerprint density at radius 1 is 1.24 bits per heavy atom. The van der Waals surface area contributed by atoms with Crippen molar-refractivity contribution in [2.24, 2.45) is 5.73 Å². The number of rotatable bonds is 3. The van der Waals surface area contributed by atoms with Crippen LogP contribution in [0.4, 0.5) is 24.7 Å². The quantitative estimate of drug-likeness (QED) is 0.330. The van der Waals surface area contributed by atoms with Crippen LogP contribution in [0.5, 0.6) is 0 Å². The van der Waals surface area contributed by atoms with E-state index in [-0.39, 0.29) is 35.1 Å². The molecule has 3 aromatic rings. The first-order valence-corrected chi connectivity index (χ1v) is 9.42. The molecular formula is C20H18F3N5O5. The fourth-order valence-corrected chi connectivity index (χ4v) is 3.50. The number of nitrogens with zero attached hydrogens (tertiary/aromatic N) is 3. The van der Waals surface area contributed by atoms with Crippen molar-refractivity contribution in [1.29, 1.82) is 0 Å². The van der Waals surface area contributed by atoms with Gasteiger partial charge in [-0.3, -0.25) is 14.2 Å². The zero-order valence-corrected chi connectivity index (χ0v) is 16.8. The molecule has 174 valence electrons. The maximum atomic E-state index is 14.8. The van der Waals surface area contributed by atoms with Gasteiger partial charge in [0.25, 0.3) is 6.47 Å². The average molecular weight is 465 g/mol. The highest BCUT2D eigenvalue weighted by Gasteiger charge is 2.26. The molecule has 1 fully saturated rings. The lowest BCUT2D eigenvalue weighted by Gasteiger charge is -2.20. The predicted octanol–water partition coefficient (Wildman–Crippen LogP) is 1.32.